The molecule has 5 nitrogen and oxygen atoms in total. The van der Waals surface area contributed by atoms with Crippen LogP contribution in [0.3, 0.4) is 0 Å². The molecule has 5 rings (SSSR count). The molecule has 34 heavy (non-hydrogen) atoms. The van der Waals surface area contributed by atoms with Gasteiger partial charge in [0.15, 0.2) is 0 Å². The van der Waals surface area contributed by atoms with Crippen LogP contribution < -0.4 is 4.90 Å². The first-order valence-electron chi connectivity index (χ1n) is 10.4. The summed E-state index contributed by atoms with van der Waals surface area (Å²) in [5.41, 5.74) is 0.476. The van der Waals surface area contributed by atoms with Crippen molar-refractivity contribution >= 4 is 33.5 Å². The molecule has 2 aliphatic heterocycles. The topological polar surface area (TPSA) is 64.0 Å². The van der Waals surface area contributed by atoms with Gasteiger partial charge in [-0.3, -0.25) is 13.9 Å². The molecular formula is C23H20F4N2O3S2. The summed E-state index contributed by atoms with van der Waals surface area (Å²) in [6.45, 7) is 1.13. The van der Waals surface area contributed by atoms with Gasteiger partial charge in [0.1, 0.15) is 5.82 Å². The van der Waals surface area contributed by atoms with Gasteiger partial charge >= 0.3 is 6.18 Å². The maximum Gasteiger partial charge on any atom is 0.416 e. The Morgan fingerprint density at radius 1 is 1.00 bits per heavy atom. The van der Waals surface area contributed by atoms with Gasteiger partial charge in [-0.05, 0) is 35.9 Å². The largest absolute Gasteiger partial charge is 0.416 e. The van der Waals surface area contributed by atoms with Crippen molar-refractivity contribution in [2.45, 2.75) is 16.8 Å². The lowest BCUT2D eigenvalue weighted by Gasteiger charge is -2.37. The van der Waals surface area contributed by atoms with Crippen LogP contribution in [0.25, 0.3) is 10.4 Å². The maximum atomic E-state index is 14.3. The van der Waals surface area contributed by atoms with Gasteiger partial charge in [0.2, 0.25) is 0 Å². The smallest absolute Gasteiger partial charge is 0.366 e. The van der Waals surface area contributed by atoms with Crippen molar-refractivity contribution in [3.05, 3.63) is 70.4 Å². The van der Waals surface area contributed by atoms with Crippen molar-refractivity contribution in [1.82, 2.24) is 4.90 Å². The number of rotatable bonds is 2. The Kier molecular flexibility index (Phi) is 5.63. The number of hydrogen-bond acceptors (Lipinski definition) is 5. The van der Waals surface area contributed by atoms with Crippen molar-refractivity contribution in [1.29, 1.82) is 0 Å². The Morgan fingerprint density at radius 3 is 2.38 bits per heavy atom. The number of halogens is 4. The number of fused-ring (bicyclic) bond motifs is 3. The highest BCUT2D eigenvalue weighted by molar-refractivity contribution is 8.23. The molecule has 0 bridgehead atoms. The van der Waals surface area contributed by atoms with Crippen molar-refractivity contribution in [3.63, 3.8) is 0 Å². The number of hydrogen-bond donors (Lipinski definition) is 2. The molecule has 3 aromatic rings. The molecule has 1 aromatic heterocycles. The zero-order valence-corrected chi connectivity index (χ0v) is 19.3. The molecule has 1 fully saturated rings. The highest BCUT2D eigenvalue weighted by Crippen LogP contribution is 2.60. The third-order valence-electron chi connectivity index (χ3n) is 6.04. The van der Waals surface area contributed by atoms with Gasteiger partial charge in [-0.1, -0.05) is 18.2 Å². The molecule has 0 radical (unpaired) electrons. The summed E-state index contributed by atoms with van der Waals surface area (Å²) >= 11 is 1.30. The summed E-state index contributed by atoms with van der Waals surface area (Å²) in [5.74, 6) is -1.09. The van der Waals surface area contributed by atoms with Crippen molar-refractivity contribution in [2.75, 3.05) is 31.1 Å². The van der Waals surface area contributed by atoms with Crippen molar-refractivity contribution < 1.29 is 31.5 Å². The van der Waals surface area contributed by atoms with Gasteiger partial charge in [-0.15, -0.1) is 11.3 Å². The number of amides is 1. The fraction of sp³-hybridized carbons (Fsp3) is 0.261. The van der Waals surface area contributed by atoms with E-state index < -0.39 is 28.1 Å². The molecule has 0 spiro atoms. The molecular weight excluding hydrogens is 492 g/mol. The lowest BCUT2D eigenvalue weighted by Crippen LogP contribution is -2.48. The molecule has 1 amide bonds. The Hall–Kier alpha value is -2.60. The highest BCUT2D eigenvalue weighted by Gasteiger charge is 2.34. The molecule has 0 aliphatic carbocycles. The number of carbonyl (C=O) groups is 1. The second-order valence-electron chi connectivity index (χ2n) is 8.22. The lowest BCUT2D eigenvalue weighted by atomic mass is 10.1. The van der Waals surface area contributed by atoms with Crippen LogP contribution in [-0.2, 0) is 11.9 Å². The van der Waals surface area contributed by atoms with E-state index in [-0.39, 0.29) is 43.5 Å². The van der Waals surface area contributed by atoms with E-state index in [2.05, 4.69) is 0 Å². The number of benzene rings is 2. The minimum absolute atomic E-state index is 0.0596. The van der Waals surface area contributed by atoms with E-state index in [0.717, 1.165) is 28.1 Å². The average Bonchev–Trinajstić information content (AvgIpc) is 3.21. The van der Waals surface area contributed by atoms with E-state index in [1.807, 2.05) is 12.1 Å². The standard InChI is InChI=1S/C23H20F4N2O3S2/c24-17-12-15(23(25,26)27)5-6-18(17)28-7-9-29(10-8-28)22(30)19-11-14-13-34(31,32)20-4-2-1-3-16(20)21(14)33-19/h1-6,11-12,31-32H,7-10,13H2. The number of alkyl halides is 3. The number of nitrogens with zero attached hydrogens (tertiary/aromatic N) is 2. The molecule has 0 saturated carbocycles. The Bertz CT molecular complexity index is 1270. The van der Waals surface area contributed by atoms with Crippen LogP contribution in [0, 0.1) is 5.82 Å². The second-order valence-corrected chi connectivity index (χ2v) is 11.3. The van der Waals surface area contributed by atoms with Gasteiger partial charge in [0.05, 0.1) is 26.8 Å². The summed E-state index contributed by atoms with van der Waals surface area (Å²) in [4.78, 5) is 18.2. The van der Waals surface area contributed by atoms with E-state index in [1.54, 1.807) is 28.0 Å². The summed E-state index contributed by atoms with van der Waals surface area (Å²) < 4.78 is 73.8. The molecule has 11 heteroatoms. The third kappa shape index (κ3) is 4.06. The SMILES string of the molecule is O=C(c1cc2c(s1)-c1ccccc1S(O)(O)C2)N1CCN(c2ccc(C(F)(F)F)cc2F)CC1. The fourth-order valence-electron chi connectivity index (χ4n) is 4.35. The fourth-order valence-corrected chi connectivity index (χ4v) is 7.33. The monoisotopic (exact) mass is 512 g/mol. The summed E-state index contributed by atoms with van der Waals surface area (Å²) in [6.07, 6.45) is -4.61. The summed E-state index contributed by atoms with van der Waals surface area (Å²) in [7, 11) is -2.98. The second kappa shape index (κ2) is 8.26. The van der Waals surface area contributed by atoms with Crippen LogP contribution in [0.1, 0.15) is 20.8 Å². The molecule has 0 atom stereocenters. The van der Waals surface area contributed by atoms with Gasteiger partial charge < -0.3 is 9.80 Å². The Balaban J connectivity index is 1.31. The predicted molar refractivity (Wildman–Crippen MR) is 124 cm³/mol. The normalized spacial score (nSPS) is 18.3. The van der Waals surface area contributed by atoms with Crippen LogP contribution in [-0.4, -0.2) is 46.1 Å². The highest BCUT2D eigenvalue weighted by atomic mass is 32.3. The first-order valence-corrected chi connectivity index (χ1v) is 13.0. The third-order valence-corrected chi connectivity index (χ3v) is 9.02. The first-order chi connectivity index (χ1) is 16.0. The number of anilines is 1. The Labute approximate surface area is 198 Å². The van der Waals surface area contributed by atoms with E-state index in [0.29, 0.717) is 15.8 Å². The van der Waals surface area contributed by atoms with Crippen molar-refractivity contribution in [2.24, 2.45) is 0 Å². The molecule has 3 heterocycles. The molecule has 0 unspecified atom stereocenters. The summed E-state index contributed by atoms with van der Waals surface area (Å²) in [5, 5.41) is 0. The number of carbonyl (C=O) groups excluding carboxylic acids is 1. The lowest BCUT2D eigenvalue weighted by molar-refractivity contribution is -0.137. The first kappa shape index (κ1) is 23.2. The van der Waals surface area contributed by atoms with Crippen molar-refractivity contribution in [3.8, 4) is 10.4 Å². The zero-order chi connectivity index (χ0) is 24.3. The molecule has 2 aromatic carbocycles. The molecule has 2 aliphatic rings. The van der Waals surface area contributed by atoms with Gasteiger partial charge in [-0.25, -0.2) is 4.39 Å². The Morgan fingerprint density at radius 2 is 1.71 bits per heavy atom. The quantitative estimate of drug-likeness (QED) is 0.404. The zero-order valence-electron chi connectivity index (χ0n) is 17.7. The van der Waals surface area contributed by atoms with E-state index in [4.69, 9.17) is 0 Å². The number of piperazine rings is 1. The van der Waals surface area contributed by atoms with Crippen LogP contribution in [0.4, 0.5) is 23.2 Å². The predicted octanol–water partition coefficient (Wildman–Crippen LogP) is 6.16. The van der Waals surface area contributed by atoms with Crippen LogP contribution in [0.2, 0.25) is 0 Å². The maximum absolute atomic E-state index is 14.3. The van der Waals surface area contributed by atoms with Crippen LogP contribution >= 0.6 is 21.9 Å². The molecule has 2 N–H and O–H groups in total. The van der Waals surface area contributed by atoms with Gasteiger partial charge in [-0.2, -0.15) is 23.8 Å². The average molecular weight is 513 g/mol. The summed E-state index contributed by atoms with van der Waals surface area (Å²) in [6, 6.07) is 11.2. The minimum atomic E-state index is -4.61. The van der Waals surface area contributed by atoms with E-state index >= 15 is 0 Å². The van der Waals surface area contributed by atoms with Gasteiger partial charge in [0, 0.05) is 36.6 Å². The number of thiophene rings is 1. The van der Waals surface area contributed by atoms with E-state index in [9.17, 15) is 31.5 Å². The van der Waals surface area contributed by atoms with Crippen LogP contribution in [0.5, 0.6) is 0 Å². The molecule has 1 saturated heterocycles. The van der Waals surface area contributed by atoms with Crippen LogP contribution in [0.15, 0.2) is 53.4 Å². The molecule has 180 valence electrons. The minimum Gasteiger partial charge on any atom is -0.366 e. The van der Waals surface area contributed by atoms with Gasteiger partial charge in [0.25, 0.3) is 5.91 Å². The van der Waals surface area contributed by atoms with E-state index in [1.165, 1.54) is 11.3 Å².